The molecule has 0 aliphatic carbocycles. The van der Waals surface area contributed by atoms with Gasteiger partial charge in [0.1, 0.15) is 0 Å². The van der Waals surface area contributed by atoms with E-state index in [1.807, 2.05) is 6.26 Å². The number of amides is 3. The van der Waals surface area contributed by atoms with Crippen LogP contribution in [0.1, 0.15) is 24.8 Å². The lowest BCUT2D eigenvalue weighted by Gasteiger charge is -2.43. The Morgan fingerprint density at radius 3 is 2.30 bits per heavy atom. The van der Waals surface area contributed by atoms with Gasteiger partial charge in [0, 0.05) is 37.2 Å². The molecule has 0 saturated carbocycles. The van der Waals surface area contributed by atoms with Crippen molar-refractivity contribution in [1.29, 1.82) is 0 Å². The van der Waals surface area contributed by atoms with E-state index in [9.17, 15) is 14.4 Å². The van der Waals surface area contributed by atoms with E-state index in [4.69, 9.17) is 0 Å². The minimum Gasteiger partial charge on any atom is -0.338 e. The maximum Gasteiger partial charge on any atom is 0.230 e. The monoisotopic (exact) mass is 332 g/mol. The summed E-state index contributed by atoms with van der Waals surface area (Å²) < 4.78 is 0. The standard InChI is InChI=1S/C17H20N2O3S/c1-23-14-5-2-12(3-6-14)4-7-15(20)18-10-13(11-18)19-16(21)8-9-17(19)22/h2-3,5-6,13H,4,7-11H2,1H3. The lowest BCUT2D eigenvalue weighted by molar-refractivity contribution is -0.151. The van der Waals surface area contributed by atoms with Crippen molar-refractivity contribution in [2.45, 2.75) is 36.6 Å². The summed E-state index contributed by atoms with van der Waals surface area (Å²) in [5.74, 6) is -0.101. The van der Waals surface area contributed by atoms with E-state index in [1.165, 1.54) is 9.80 Å². The van der Waals surface area contributed by atoms with Crippen molar-refractivity contribution < 1.29 is 14.4 Å². The van der Waals surface area contributed by atoms with Crippen LogP contribution in [0.15, 0.2) is 29.2 Å². The molecule has 122 valence electrons. The normalized spacial score (nSPS) is 18.5. The average molecular weight is 332 g/mol. The van der Waals surface area contributed by atoms with Gasteiger partial charge in [-0.3, -0.25) is 19.3 Å². The maximum atomic E-state index is 12.2. The van der Waals surface area contributed by atoms with Crippen molar-refractivity contribution in [3.05, 3.63) is 29.8 Å². The molecule has 5 nitrogen and oxygen atoms in total. The molecule has 1 aromatic rings. The number of imide groups is 1. The first kappa shape index (κ1) is 16.1. The molecule has 23 heavy (non-hydrogen) atoms. The molecule has 6 heteroatoms. The van der Waals surface area contributed by atoms with Gasteiger partial charge in [0.2, 0.25) is 17.7 Å². The summed E-state index contributed by atoms with van der Waals surface area (Å²) in [5.41, 5.74) is 1.15. The Morgan fingerprint density at radius 1 is 1.13 bits per heavy atom. The molecule has 0 radical (unpaired) electrons. The zero-order valence-electron chi connectivity index (χ0n) is 13.2. The van der Waals surface area contributed by atoms with Gasteiger partial charge in [-0.05, 0) is 30.4 Å². The van der Waals surface area contributed by atoms with Crippen LogP contribution in [-0.2, 0) is 20.8 Å². The number of thioether (sulfide) groups is 1. The first-order valence-corrected chi connectivity index (χ1v) is 9.06. The van der Waals surface area contributed by atoms with Crippen molar-refractivity contribution in [3.8, 4) is 0 Å². The fourth-order valence-electron chi connectivity index (χ4n) is 3.02. The number of likely N-dealkylation sites (tertiary alicyclic amines) is 2. The highest BCUT2D eigenvalue weighted by Gasteiger charge is 2.42. The van der Waals surface area contributed by atoms with Crippen LogP contribution in [0.4, 0.5) is 0 Å². The van der Waals surface area contributed by atoms with Gasteiger partial charge in [-0.1, -0.05) is 12.1 Å². The van der Waals surface area contributed by atoms with E-state index in [1.54, 1.807) is 16.7 Å². The average Bonchev–Trinajstić information content (AvgIpc) is 2.84. The molecule has 3 rings (SSSR count). The fraction of sp³-hybridized carbons (Fsp3) is 0.471. The summed E-state index contributed by atoms with van der Waals surface area (Å²) in [6, 6.07) is 8.13. The minimum atomic E-state index is -0.109. The maximum absolute atomic E-state index is 12.2. The van der Waals surface area contributed by atoms with Crippen LogP contribution in [0.2, 0.25) is 0 Å². The molecule has 0 bridgehead atoms. The molecule has 3 amide bonds. The molecule has 0 unspecified atom stereocenters. The van der Waals surface area contributed by atoms with Crippen LogP contribution in [0, 0.1) is 0 Å². The number of benzene rings is 1. The summed E-state index contributed by atoms with van der Waals surface area (Å²) in [4.78, 5) is 39.8. The second-order valence-electron chi connectivity index (χ2n) is 5.96. The smallest absolute Gasteiger partial charge is 0.230 e. The molecule has 2 heterocycles. The summed E-state index contributed by atoms with van der Waals surface area (Å²) >= 11 is 1.70. The molecule has 0 spiro atoms. The van der Waals surface area contributed by atoms with E-state index < -0.39 is 0 Å². The van der Waals surface area contributed by atoms with Crippen LogP contribution in [0.25, 0.3) is 0 Å². The largest absolute Gasteiger partial charge is 0.338 e. The third-order valence-electron chi connectivity index (χ3n) is 4.46. The summed E-state index contributed by atoms with van der Waals surface area (Å²) in [7, 11) is 0. The number of hydrogen-bond donors (Lipinski definition) is 0. The van der Waals surface area contributed by atoms with Gasteiger partial charge in [-0.15, -0.1) is 11.8 Å². The highest BCUT2D eigenvalue weighted by atomic mass is 32.2. The van der Waals surface area contributed by atoms with Crippen molar-refractivity contribution in [2.75, 3.05) is 19.3 Å². The van der Waals surface area contributed by atoms with Gasteiger partial charge in [0.05, 0.1) is 6.04 Å². The Kier molecular flexibility index (Phi) is 4.71. The van der Waals surface area contributed by atoms with Gasteiger partial charge < -0.3 is 4.90 Å². The van der Waals surface area contributed by atoms with E-state index >= 15 is 0 Å². The number of carbonyl (C=O) groups is 3. The molecule has 2 fully saturated rings. The van der Waals surface area contributed by atoms with Crippen molar-refractivity contribution in [1.82, 2.24) is 9.80 Å². The van der Waals surface area contributed by atoms with Crippen LogP contribution in [-0.4, -0.2) is 52.9 Å². The molecule has 2 aliphatic heterocycles. The topological polar surface area (TPSA) is 57.7 Å². The molecule has 0 aromatic heterocycles. The summed E-state index contributed by atoms with van der Waals surface area (Å²) in [5, 5.41) is 0. The number of carbonyl (C=O) groups excluding carboxylic acids is 3. The van der Waals surface area contributed by atoms with Crippen LogP contribution < -0.4 is 0 Å². The van der Waals surface area contributed by atoms with E-state index in [0.29, 0.717) is 32.4 Å². The van der Waals surface area contributed by atoms with Crippen LogP contribution in [0.5, 0.6) is 0 Å². The highest BCUT2D eigenvalue weighted by Crippen LogP contribution is 2.23. The Hall–Kier alpha value is -1.82. The molecule has 0 N–H and O–H groups in total. The fourth-order valence-corrected chi connectivity index (χ4v) is 3.43. The Morgan fingerprint density at radius 2 is 1.74 bits per heavy atom. The lowest BCUT2D eigenvalue weighted by atomic mass is 10.0. The Bertz CT molecular complexity index is 607. The molecule has 2 aliphatic rings. The molecule has 2 saturated heterocycles. The molecule has 1 aromatic carbocycles. The van der Waals surface area contributed by atoms with Gasteiger partial charge in [0.15, 0.2) is 0 Å². The SMILES string of the molecule is CSc1ccc(CCC(=O)N2CC(N3C(=O)CCC3=O)C2)cc1. The van der Waals surface area contributed by atoms with Crippen molar-refractivity contribution in [3.63, 3.8) is 0 Å². The van der Waals surface area contributed by atoms with Gasteiger partial charge in [0.25, 0.3) is 0 Å². The quantitative estimate of drug-likeness (QED) is 0.608. The zero-order chi connectivity index (χ0) is 16.4. The Labute approximate surface area is 140 Å². The molecular weight excluding hydrogens is 312 g/mol. The molecule has 0 atom stereocenters. The number of aryl methyl sites for hydroxylation is 1. The second-order valence-corrected chi connectivity index (χ2v) is 6.84. The first-order valence-electron chi connectivity index (χ1n) is 7.84. The van der Waals surface area contributed by atoms with Crippen LogP contribution >= 0.6 is 11.8 Å². The van der Waals surface area contributed by atoms with Crippen LogP contribution in [0.3, 0.4) is 0 Å². The minimum absolute atomic E-state index is 0.0919. The molecular formula is C17H20N2O3S. The first-order chi connectivity index (χ1) is 11.1. The zero-order valence-corrected chi connectivity index (χ0v) is 14.0. The van der Waals surface area contributed by atoms with Crippen molar-refractivity contribution in [2.24, 2.45) is 0 Å². The summed E-state index contributed by atoms with van der Waals surface area (Å²) in [6.07, 6.45) is 3.85. The number of nitrogens with zero attached hydrogens (tertiary/aromatic N) is 2. The van der Waals surface area contributed by atoms with E-state index in [0.717, 1.165) is 12.0 Å². The van der Waals surface area contributed by atoms with Gasteiger partial charge in [-0.25, -0.2) is 0 Å². The Balaban J connectivity index is 1.45. The second kappa shape index (κ2) is 6.74. The number of hydrogen-bond acceptors (Lipinski definition) is 4. The summed E-state index contributed by atoms with van der Waals surface area (Å²) in [6.45, 7) is 0.976. The van der Waals surface area contributed by atoms with Gasteiger partial charge >= 0.3 is 0 Å². The highest BCUT2D eigenvalue weighted by molar-refractivity contribution is 7.98. The predicted octanol–water partition coefficient (Wildman–Crippen LogP) is 1.70. The van der Waals surface area contributed by atoms with Crippen molar-refractivity contribution >= 4 is 29.5 Å². The third kappa shape index (κ3) is 3.42. The predicted molar refractivity (Wildman–Crippen MR) is 88.0 cm³/mol. The lowest BCUT2D eigenvalue weighted by Crippen LogP contribution is -2.62. The van der Waals surface area contributed by atoms with Gasteiger partial charge in [-0.2, -0.15) is 0 Å². The van der Waals surface area contributed by atoms with E-state index in [2.05, 4.69) is 24.3 Å². The van der Waals surface area contributed by atoms with E-state index in [-0.39, 0.29) is 23.8 Å². The third-order valence-corrected chi connectivity index (χ3v) is 5.20. The number of rotatable bonds is 5.